The second kappa shape index (κ2) is 7.44. The van der Waals surface area contributed by atoms with Gasteiger partial charge in [0.05, 0.1) is 11.6 Å². The van der Waals surface area contributed by atoms with Crippen LogP contribution in [0.15, 0.2) is 25.3 Å². The number of carboxylic acids is 1. The lowest BCUT2D eigenvalue weighted by Gasteiger charge is -2.34. The van der Waals surface area contributed by atoms with Gasteiger partial charge in [-0.25, -0.2) is 0 Å². The SMILES string of the molecule is C=Cc1c(N2CCC(C(=O)O)CC2)ccc2c1C(=C)C(=O)N2C1CCC(=O)NC1=O. The van der Waals surface area contributed by atoms with Gasteiger partial charge >= 0.3 is 5.97 Å². The Morgan fingerprint density at radius 2 is 1.80 bits per heavy atom. The van der Waals surface area contributed by atoms with Crippen molar-refractivity contribution in [1.29, 1.82) is 0 Å². The van der Waals surface area contributed by atoms with Crippen LogP contribution in [0.3, 0.4) is 0 Å². The molecule has 3 amide bonds. The number of nitrogens with one attached hydrogen (secondary N) is 1. The van der Waals surface area contributed by atoms with E-state index in [1.165, 1.54) is 4.90 Å². The van der Waals surface area contributed by atoms with Crippen LogP contribution in [0.4, 0.5) is 11.4 Å². The zero-order valence-corrected chi connectivity index (χ0v) is 16.5. The van der Waals surface area contributed by atoms with Gasteiger partial charge in [0.25, 0.3) is 5.91 Å². The predicted molar refractivity (Wildman–Crippen MR) is 112 cm³/mol. The first kappa shape index (κ1) is 19.9. The van der Waals surface area contributed by atoms with E-state index in [2.05, 4.69) is 23.4 Å². The van der Waals surface area contributed by atoms with E-state index in [9.17, 15) is 24.3 Å². The van der Waals surface area contributed by atoms with E-state index in [1.54, 1.807) is 12.1 Å². The molecule has 1 aromatic rings. The first-order chi connectivity index (χ1) is 14.3. The number of rotatable bonds is 4. The summed E-state index contributed by atoms with van der Waals surface area (Å²) in [5.41, 5.74) is 3.11. The number of carbonyl (C=O) groups is 4. The summed E-state index contributed by atoms with van der Waals surface area (Å²) in [6.45, 7) is 9.05. The third-order valence-corrected chi connectivity index (χ3v) is 6.15. The number of benzene rings is 1. The highest BCUT2D eigenvalue weighted by molar-refractivity contribution is 6.34. The molecule has 1 unspecified atom stereocenters. The van der Waals surface area contributed by atoms with Crippen LogP contribution in [0, 0.1) is 5.92 Å². The summed E-state index contributed by atoms with van der Waals surface area (Å²) in [7, 11) is 0. The number of imide groups is 1. The molecule has 0 saturated carbocycles. The van der Waals surface area contributed by atoms with Gasteiger partial charge in [-0.2, -0.15) is 0 Å². The topological polar surface area (TPSA) is 107 Å². The van der Waals surface area contributed by atoms with Gasteiger partial charge in [0, 0.05) is 41.9 Å². The third-order valence-electron chi connectivity index (χ3n) is 6.15. The Balaban J connectivity index is 1.70. The maximum atomic E-state index is 13.0. The smallest absolute Gasteiger partial charge is 0.306 e. The van der Waals surface area contributed by atoms with Crippen molar-refractivity contribution in [2.24, 2.45) is 5.92 Å². The normalized spacial score (nSPS) is 22.2. The Kier molecular flexibility index (Phi) is 4.93. The maximum absolute atomic E-state index is 13.0. The molecule has 2 fully saturated rings. The van der Waals surface area contributed by atoms with E-state index >= 15 is 0 Å². The summed E-state index contributed by atoms with van der Waals surface area (Å²) < 4.78 is 0. The van der Waals surface area contributed by atoms with E-state index in [4.69, 9.17) is 0 Å². The Bertz CT molecular complexity index is 991. The Morgan fingerprint density at radius 3 is 2.40 bits per heavy atom. The molecule has 1 atom stereocenters. The number of carboxylic acid groups (broad SMARTS) is 1. The Hall–Kier alpha value is -3.42. The molecule has 2 saturated heterocycles. The molecule has 156 valence electrons. The predicted octanol–water partition coefficient (Wildman–Crippen LogP) is 1.80. The fourth-order valence-corrected chi connectivity index (χ4v) is 4.56. The fourth-order valence-electron chi connectivity index (χ4n) is 4.56. The zero-order valence-electron chi connectivity index (χ0n) is 16.5. The Morgan fingerprint density at radius 1 is 1.13 bits per heavy atom. The van der Waals surface area contributed by atoms with E-state index in [0.717, 1.165) is 11.3 Å². The summed E-state index contributed by atoms with van der Waals surface area (Å²) >= 11 is 0. The highest BCUT2D eigenvalue weighted by atomic mass is 16.4. The van der Waals surface area contributed by atoms with E-state index < -0.39 is 17.9 Å². The molecule has 3 aliphatic rings. The van der Waals surface area contributed by atoms with Gasteiger partial charge in [-0.3, -0.25) is 29.4 Å². The molecule has 8 heteroatoms. The summed E-state index contributed by atoms with van der Waals surface area (Å²) in [6, 6.07) is 2.91. The van der Waals surface area contributed by atoms with Gasteiger partial charge in [-0.05, 0) is 31.4 Å². The van der Waals surface area contributed by atoms with Gasteiger partial charge in [-0.1, -0.05) is 19.2 Å². The first-order valence-electron chi connectivity index (χ1n) is 9.97. The van der Waals surface area contributed by atoms with Crippen LogP contribution in [0.1, 0.15) is 36.8 Å². The van der Waals surface area contributed by atoms with Crippen molar-refractivity contribution < 1.29 is 24.3 Å². The average molecular weight is 409 g/mol. The monoisotopic (exact) mass is 409 g/mol. The number of hydrogen-bond acceptors (Lipinski definition) is 5. The molecule has 0 aromatic heterocycles. The summed E-state index contributed by atoms with van der Waals surface area (Å²) in [4.78, 5) is 51.7. The van der Waals surface area contributed by atoms with Crippen molar-refractivity contribution in [3.8, 4) is 0 Å². The second-order valence-electron chi connectivity index (χ2n) is 7.82. The van der Waals surface area contributed by atoms with Crippen LogP contribution in [-0.2, 0) is 19.2 Å². The molecule has 3 aliphatic heterocycles. The minimum absolute atomic E-state index is 0.174. The number of hydrogen-bond donors (Lipinski definition) is 2. The molecule has 3 heterocycles. The lowest BCUT2D eigenvalue weighted by atomic mass is 9.94. The summed E-state index contributed by atoms with van der Waals surface area (Å²) in [5, 5.41) is 11.5. The zero-order chi connectivity index (χ0) is 21.6. The van der Waals surface area contributed by atoms with Crippen molar-refractivity contribution in [3.05, 3.63) is 36.4 Å². The highest BCUT2D eigenvalue weighted by Gasteiger charge is 2.42. The van der Waals surface area contributed by atoms with Crippen molar-refractivity contribution >= 4 is 46.7 Å². The molecule has 0 radical (unpaired) electrons. The minimum atomic E-state index is -0.772. The first-order valence-corrected chi connectivity index (χ1v) is 9.97. The quantitative estimate of drug-likeness (QED) is 0.580. The average Bonchev–Trinajstić information content (AvgIpc) is 2.98. The number of nitrogens with zero attached hydrogens (tertiary/aromatic N) is 2. The number of anilines is 2. The summed E-state index contributed by atoms with van der Waals surface area (Å²) in [6.07, 6.45) is 3.20. The molecule has 0 aliphatic carbocycles. The van der Waals surface area contributed by atoms with Crippen LogP contribution in [-0.4, -0.2) is 47.9 Å². The van der Waals surface area contributed by atoms with Crippen molar-refractivity contribution in [2.45, 2.75) is 31.7 Å². The molecule has 0 spiro atoms. The lowest BCUT2D eigenvalue weighted by Crippen LogP contribution is -2.53. The second-order valence-corrected chi connectivity index (χ2v) is 7.82. The number of amides is 3. The van der Waals surface area contributed by atoms with Crippen LogP contribution in [0.25, 0.3) is 11.6 Å². The standard InChI is InChI=1S/C22H23N3O5/c1-3-14-15(24-10-8-13(9-11-24)22(29)30)4-5-16-19(14)12(2)21(28)25(16)17-6-7-18(26)23-20(17)27/h3-5,13,17H,1-2,6-11H2,(H,29,30)(H,23,26,27). The molecule has 0 bridgehead atoms. The largest absolute Gasteiger partial charge is 0.481 e. The molecule has 30 heavy (non-hydrogen) atoms. The van der Waals surface area contributed by atoms with Gasteiger partial charge in [0.15, 0.2) is 0 Å². The molecule has 1 aromatic carbocycles. The molecular formula is C22H23N3O5. The molecular weight excluding hydrogens is 386 g/mol. The van der Waals surface area contributed by atoms with Crippen molar-refractivity contribution in [1.82, 2.24) is 5.32 Å². The van der Waals surface area contributed by atoms with Crippen LogP contribution in [0.2, 0.25) is 0 Å². The fraction of sp³-hybridized carbons (Fsp3) is 0.364. The number of piperidine rings is 2. The van der Waals surface area contributed by atoms with Crippen molar-refractivity contribution in [3.63, 3.8) is 0 Å². The van der Waals surface area contributed by atoms with Crippen LogP contribution in [0.5, 0.6) is 0 Å². The molecule has 4 rings (SSSR count). The lowest BCUT2D eigenvalue weighted by molar-refractivity contribution is -0.142. The van der Waals surface area contributed by atoms with Gasteiger partial charge in [0.2, 0.25) is 11.8 Å². The van der Waals surface area contributed by atoms with Gasteiger partial charge in [-0.15, -0.1) is 0 Å². The maximum Gasteiger partial charge on any atom is 0.306 e. The van der Waals surface area contributed by atoms with Crippen LogP contribution < -0.4 is 15.1 Å². The highest BCUT2D eigenvalue weighted by Crippen LogP contribution is 2.44. The van der Waals surface area contributed by atoms with Crippen molar-refractivity contribution in [2.75, 3.05) is 22.9 Å². The minimum Gasteiger partial charge on any atom is -0.481 e. The van der Waals surface area contributed by atoms with Gasteiger partial charge < -0.3 is 10.0 Å². The van der Waals surface area contributed by atoms with E-state index in [0.29, 0.717) is 37.2 Å². The van der Waals surface area contributed by atoms with Gasteiger partial charge in [0.1, 0.15) is 6.04 Å². The number of carbonyl (C=O) groups excluding carboxylic acids is 3. The third kappa shape index (κ3) is 3.08. The molecule has 2 N–H and O–H groups in total. The Labute approximate surface area is 173 Å². The van der Waals surface area contributed by atoms with Crippen LogP contribution >= 0.6 is 0 Å². The number of aliphatic carboxylic acids is 1. The van der Waals surface area contributed by atoms with E-state index in [-0.39, 0.29) is 36.1 Å². The number of fused-ring (bicyclic) bond motifs is 1. The van der Waals surface area contributed by atoms with E-state index in [1.807, 2.05) is 6.07 Å². The summed E-state index contributed by atoms with van der Waals surface area (Å²) in [5.74, 6) is -2.30. The molecule has 8 nitrogen and oxygen atoms in total.